The van der Waals surface area contributed by atoms with E-state index in [9.17, 15) is 5.11 Å². The Morgan fingerprint density at radius 1 is 1.38 bits per heavy atom. The zero-order valence-corrected chi connectivity index (χ0v) is 7.47. The molecule has 0 fully saturated rings. The molecule has 74 valence electrons. The molecule has 0 radical (unpaired) electrons. The Morgan fingerprint density at radius 2 is 2.08 bits per heavy atom. The summed E-state index contributed by atoms with van der Waals surface area (Å²) in [5.41, 5.74) is 0. The topological polar surface area (TPSA) is 73.8 Å². The van der Waals surface area contributed by atoms with Gasteiger partial charge in [0.1, 0.15) is 23.7 Å². The number of aliphatic hydroxyl groups excluding tert-OH is 3. The van der Waals surface area contributed by atoms with Crippen LogP contribution < -0.4 is 0 Å². The highest BCUT2D eigenvalue weighted by atomic mass is 16.4. The summed E-state index contributed by atoms with van der Waals surface area (Å²) in [6.07, 6.45) is -1.59. The van der Waals surface area contributed by atoms with E-state index >= 15 is 0 Å². The molecule has 0 saturated carbocycles. The standard InChI is InChI=1S/C9H14O4/c1-2-6-3-4-8(13-6)9(12)7(11)5-10/h3-4,7,9-12H,2,5H2,1H3. The normalized spacial score (nSPS) is 15.7. The van der Waals surface area contributed by atoms with Crippen molar-refractivity contribution < 1.29 is 19.7 Å². The van der Waals surface area contributed by atoms with Gasteiger partial charge in [-0.25, -0.2) is 0 Å². The van der Waals surface area contributed by atoms with Crippen LogP contribution in [-0.4, -0.2) is 28.0 Å². The highest BCUT2D eigenvalue weighted by Crippen LogP contribution is 2.19. The molecule has 0 spiro atoms. The fourth-order valence-corrected chi connectivity index (χ4v) is 1.03. The Kier molecular flexibility index (Phi) is 3.48. The van der Waals surface area contributed by atoms with Crippen LogP contribution in [0.4, 0.5) is 0 Å². The summed E-state index contributed by atoms with van der Waals surface area (Å²) in [6, 6.07) is 3.34. The van der Waals surface area contributed by atoms with Gasteiger partial charge in [0, 0.05) is 6.42 Å². The molecule has 0 aliphatic rings. The zero-order valence-electron chi connectivity index (χ0n) is 7.47. The maximum Gasteiger partial charge on any atom is 0.140 e. The summed E-state index contributed by atoms with van der Waals surface area (Å²) >= 11 is 0. The molecule has 1 aromatic heterocycles. The first kappa shape index (κ1) is 10.2. The van der Waals surface area contributed by atoms with Crippen LogP contribution in [0.25, 0.3) is 0 Å². The van der Waals surface area contributed by atoms with Crippen molar-refractivity contribution in [2.75, 3.05) is 6.61 Å². The van der Waals surface area contributed by atoms with Crippen molar-refractivity contribution in [3.63, 3.8) is 0 Å². The molecule has 13 heavy (non-hydrogen) atoms. The lowest BCUT2D eigenvalue weighted by Gasteiger charge is -2.12. The molecule has 4 heteroatoms. The summed E-state index contributed by atoms with van der Waals surface area (Å²) in [5.74, 6) is 1.04. The van der Waals surface area contributed by atoms with Gasteiger partial charge in [-0.1, -0.05) is 6.92 Å². The fourth-order valence-electron chi connectivity index (χ4n) is 1.03. The molecule has 0 aliphatic carbocycles. The number of furan rings is 1. The molecule has 0 aliphatic heterocycles. The minimum atomic E-state index is -1.18. The lowest BCUT2D eigenvalue weighted by molar-refractivity contribution is -0.0255. The molecule has 0 aromatic carbocycles. The van der Waals surface area contributed by atoms with Gasteiger partial charge in [0.05, 0.1) is 6.61 Å². The fraction of sp³-hybridized carbons (Fsp3) is 0.556. The molecule has 0 saturated heterocycles. The Morgan fingerprint density at radius 3 is 2.54 bits per heavy atom. The van der Waals surface area contributed by atoms with Crippen LogP contribution in [0.1, 0.15) is 24.5 Å². The molecular weight excluding hydrogens is 172 g/mol. The van der Waals surface area contributed by atoms with Crippen molar-refractivity contribution in [2.45, 2.75) is 25.6 Å². The van der Waals surface area contributed by atoms with Gasteiger partial charge in [-0.2, -0.15) is 0 Å². The highest BCUT2D eigenvalue weighted by Gasteiger charge is 2.20. The van der Waals surface area contributed by atoms with Crippen molar-refractivity contribution in [2.24, 2.45) is 0 Å². The maximum absolute atomic E-state index is 9.39. The molecule has 2 unspecified atom stereocenters. The van der Waals surface area contributed by atoms with Crippen LogP contribution >= 0.6 is 0 Å². The number of aryl methyl sites for hydroxylation is 1. The van der Waals surface area contributed by atoms with Crippen LogP contribution in [0.3, 0.4) is 0 Å². The van der Waals surface area contributed by atoms with E-state index in [-0.39, 0.29) is 0 Å². The SMILES string of the molecule is CCc1ccc(C(O)C(O)CO)o1. The predicted octanol–water partition coefficient (Wildman–Crippen LogP) is 0.229. The Bertz CT molecular complexity index is 256. The molecular formula is C9H14O4. The number of rotatable bonds is 4. The Balaban J connectivity index is 2.70. The van der Waals surface area contributed by atoms with Crippen molar-refractivity contribution in [1.29, 1.82) is 0 Å². The van der Waals surface area contributed by atoms with Gasteiger partial charge < -0.3 is 19.7 Å². The largest absolute Gasteiger partial charge is 0.463 e. The molecule has 4 nitrogen and oxygen atoms in total. The number of hydrogen-bond donors (Lipinski definition) is 3. The average molecular weight is 186 g/mol. The van der Waals surface area contributed by atoms with Crippen molar-refractivity contribution in [3.05, 3.63) is 23.7 Å². The van der Waals surface area contributed by atoms with Gasteiger partial charge in [-0.05, 0) is 12.1 Å². The van der Waals surface area contributed by atoms with Crippen LogP contribution in [0, 0.1) is 0 Å². The smallest absolute Gasteiger partial charge is 0.140 e. The monoisotopic (exact) mass is 186 g/mol. The van der Waals surface area contributed by atoms with E-state index in [0.717, 1.165) is 12.2 Å². The van der Waals surface area contributed by atoms with Gasteiger partial charge >= 0.3 is 0 Å². The summed E-state index contributed by atoms with van der Waals surface area (Å²) in [7, 11) is 0. The Labute approximate surface area is 76.4 Å². The van der Waals surface area contributed by atoms with Gasteiger partial charge in [0.15, 0.2) is 0 Å². The van der Waals surface area contributed by atoms with Crippen molar-refractivity contribution in [3.8, 4) is 0 Å². The first-order chi connectivity index (χ1) is 6.19. The molecule has 1 aromatic rings. The van der Waals surface area contributed by atoms with Crippen LogP contribution in [0.2, 0.25) is 0 Å². The van der Waals surface area contributed by atoms with Gasteiger partial charge in [-0.3, -0.25) is 0 Å². The maximum atomic E-state index is 9.39. The molecule has 0 bridgehead atoms. The van der Waals surface area contributed by atoms with E-state index in [1.807, 2.05) is 6.92 Å². The van der Waals surface area contributed by atoms with E-state index in [1.54, 1.807) is 12.1 Å². The molecule has 2 atom stereocenters. The third kappa shape index (κ3) is 2.30. The molecule has 3 N–H and O–H groups in total. The first-order valence-electron chi connectivity index (χ1n) is 4.24. The quantitative estimate of drug-likeness (QED) is 0.629. The molecule has 1 heterocycles. The predicted molar refractivity (Wildman–Crippen MR) is 46.1 cm³/mol. The number of aliphatic hydroxyl groups is 3. The van der Waals surface area contributed by atoms with Crippen molar-refractivity contribution in [1.82, 2.24) is 0 Å². The minimum absolute atomic E-state index is 0.290. The van der Waals surface area contributed by atoms with Gasteiger partial charge in [0.25, 0.3) is 0 Å². The lowest BCUT2D eigenvalue weighted by atomic mass is 10.2. The lowest BCUT2D eigenvalue weighted by Crippen LogP contribution is -2.21. The van der Waals surface area contributed by atoms with Crippen LogP contribution in [-0.2, 0) is 6.42 Å². The molecule has 0 amide bonds. The molecule has 1 rings (SSSR count). The van der Waals surface area contributed by atoms with Gasteiger partial charge in [-0.15, -0.1) is 0 Å². The summed E-state index contributed by atoms with van der Waals surface area (Å²) in [6.45, 7) is 1.45. The summed E-state index contributed by atoms with van der Waals surface area (Å²) < 4.78 is 5.20. The second-order valence-electron chi connectivity index (χ2n) is 2.85. The van der Waals surface area contributed by atoms with Crippen LogP contribution in [0.5, 0.6) is 0 Å². The summed E-state index contributed by atoms with van der Waals surface area (Å²) in [5, 5.41) is 27.1. The Hall–Kier alpha value is -0.840. The second-order valence-corrected chi connectivity index (χ2v) is 2.85. The van der Waals surface area contributed by atoms with E-state index in [4.69, 9.17) is 14.6 Å². The first-order valence-corrected chi connectivity index (χ1v) is 4.24. The highest BCUT2D eigenvalue weighted by molar-refractivity contribution is 5.10. The zero-order chi connectivity index (χ0) is 9.84. The van der Waals surface area contributed by atoms with Crippen molar-refractivity contribution >= 4 is 0 Å². The average Bonchev–Trinajstić information content (AvgIpc) is 2.63. The van der Waals surface area contributed by atoms with E-state index in [1.165, 1.54) is 0 Å². The second kappa shape index (κ2) is 4.41. The van der Waals surface area contributed by atoms with E-state index < -0.39 is 18.8 Å². The third-order valence-corrected chi connectivity index (χ3v) is 1.87. The summed E-state index contributed by atoms with van der Waals surface area (Å²) in [4.78, 5) is 0. The van der Waals surface area contributed by atoms with Gasteiger partial charge in [0.2, 0.25) is 0 Å². The third-order valence-electron chi connectivity index (χ3n) is 1.87. The van der Waals surface area contributed by atoms with Crippen LogP contribution in [0.15, 0.2) is 16.5 Å². The van der Waals surface area contributed by atoms with E-state index in [0.29, 0.717) is 5.76 Å². The van der Waals surface area contributed by atoms with E-state index in [2.05, 4.69) is 0 Å². The minimum Gasteiger partial charge on any atom is -0.463 e. The number of hydrogen-bond acceptors (Lipinski definition) is 4.